The van der Waals surface area contributed by atoms with Crippen molar-refractivity contribution >= 4 is 12.4 Å². The van der Waals surface area contributed by atoms with E-state index in [9.17, 15) is 10.2 Å². The van der Waals surface area contributed by atoms with Crippen LogP contribution in [0.25, 0.3) is 0 Å². The molecule has 1 aliphatic rings. The molecule has 2 aromatic carbocycles. The van der Waals surface area contributed by atoms with Gasteiger partial charge in [-0.2, -0.15) is 0 Å². The summed E-state index contributed by atoms with van der Waals surface area (Å²) in [5.41, 5.74) is 3.19. The molecule has 3 N–H and O–H groups in total. The van der Waals surface area contributed by atoms with Gasteiger partial charge >= 0.3 is 0 Å². The largest absolute Gasteiger partial charge is 0.504 e. The topological polar surface area (TPSA) is 61.7 Å². The van der Waals surface area contributed by atoms with Crippen molar-refractivity contribution in [3.63, 3.8) is 0 Å². The minimum atomic E-state index is -0.0778. The molecule has 0 fully saturated rings. The molecule has 2 aromatic rings. The third kappa shape index (κ3) is 2.91. The van der Waals surface area contributed by atoms with Gasteiger partial charge in [0.2, 0.25) is 0 Å². The fraction of sp³-hybridized carbons (Fsp3) is 0.250. The van der Waals surface area contributed by atoms with Crippen molar-refractivity contribution in [3.05, 3.63) is 53.1 Å². The summed E-state index contributed by atoms with van der Waals surface area (Å²) in [6.07, 6.45) is 0.843. The summed E-state index contributed by atoms with van der Waals surface area (Å²) in [6.45, 7) is 0.841. The van der Waals surface area contributed by atoms with E-state index in [-0.39, 0.29) is 29.9 Å². The van der Waals surface area contributed by atoms with Gasteiger partial charge in [-0.15, -0.1) is 12.4 Å². The van der Waals surface area contributed by atoms with Crippen LogP contribution in [-0.2, 0) is 6.42 Å². The van der Waals surface area contributed by atoms with Crippen molar-refractivity contribution in [3.8, 4) is 17.2 Å². The lowest BCUT2D eigenvalue weighted by molar-refractivity contribution is 0.400. The lowest BCUT2D eigenvalue weighted by Gasteiger charge is -2.28. The molecule has 0 aliphatic carbocycles. The lowest BCUT2D eigenvalue weighted by Crippen LogP contribution is -2.30. The Bertz CT molecular complexity index is 628. The Morgan fingerprint density at radius 1 is 1.10 bits per heavy atom. The molecule has 5 heteroatoms. The highest BCUT2D eigenvalue weighted by atomic mass is 35.5. The smallest absolute Gasteiger partial charge is 0.157 e. The Morgan fingerprint density at radius 3 is 2.43 bits per heavy atom. The first-order valence-corrected chi connectivity index (χ1v) is 6.61. The average molecular weight is 308 g/mol. The Kier molecular flexibility index (Phi) is 4.60. The number of phenols is 2. The van der Waals surface area contributed by atoms with Crippen LogP contribution in [0.4, 0.5) is 0 Å². The van der Waals surface area contributed by atoms with E-state index in [0.717, 1.165) is 35.4 Å². The molecule has 112 valence electrons. The first-order valence-electron chi connectivity index (χ1n) is 6.61. The maximum atomic E-state index is 9.72. The number of phenolic OH excluding ortho intramolecular Hbond substituents is 2. The van der Waals surface area contributed by atoms with Crippen LogP contribution in [-0.4, -0.2) is 23.9 Å². The van der Waals surface area contributed by atoms with Crippen LogP contribution < -0.4 is 10.1 Å². The zero-order valence-corrected chi connectivity index (χ0v) is 12.5. The molecule has 0 aromatic heterocycles. The van der Waals surface area contributed by atoms with Gasteiger partial charge < -0.3 is 20.3 Å². The second kappa shape index (κ2) is 6.24. The summed E-state index contributed by atoms with van der Waals surface area (Å²) < 4.78 is 5.17. The fourth-order valence-corrected chi connectivity index (χ4v) is 2.68. The van der Waals surface area contributed by atoms with Crippen molar-refractivity contribution in [2.24, 2.45) is 0 Å². The van der Waals surface area contributed by atoms with Crippen molar-refractivity contribution in [2.45, 2.75) is 12.5 Å². The second-order valence-corrected chi connectivity index (χ2v) is 4.95. The number of fused-ring (bicyclic) bond motifs is 1. The third-order valence-corrected chi connectivity index (χ3v) is 3.74. The second-order valence-electron chi connectivity index (χ2n) is 4.95. The Balaban J connectivity index is 0.00000161. The molecule has 0 amide bonds. The lowest BCUT2D eigenvalue weighted by atomic mass is 9.89. The Morgan fingerprint density at radius 2 is 1.76 bits per heavy atom. The molecular formula is C16H18ClNO3. The van der Waals surface area contributed by atoms with Gasteiger partial charge in [-0.25, -0.2) is 0 Å². The summed E-state index contributed by atoms with van der Waals surface area (Å²) in [5.74, 6) is 0.684. The number of halogens is 1. The van der Waals surface area contributed by atoms with Gasteiger partial charge in [-0.1, -0.05) is 12.1 Å². The zero-order chi connectivity index (χ0) is 14.1. The highest BCUT2D eigenvalue weighted by Gasteiger charge is 2.23. The van der Waals surface area contributed by atoms with E-state index in [1.165, 1.54) is 0 Å². The fourth-order valence-electron chi connectivity index (χ4n) is 2.68. The molecule has 21 heavy (non-hydrogen) atoms. The van der Waals surface area contributed by atoms with Crippen LogP contribution >= 0.6 is 12.4 Å². The van der Waals surface area contributed by atoms with Crippen molar-refractivity contribution < 1.29 is 14.9 Å². The number of ether oxygens (including phenoxy) is 1. The van der Waals surface area contributed by atoms with Gasteiger partial charge in [-0.05, 0) is 47.4 Å². The van der Waals surface area contributed by atoms with Gasteiger partial charge in [0.05, 0.1) is 13.2 Å². The van der Waals surface area contributed by atoms with E-state index in [4.69, 9.17) is 4.74 Å². The number of benzene rings is 2. The van der Waals surface area contributed by atoms with Crippen LogP contribution in [0.3, 0.4) is 0 Å². The first-order chi connectivity index (χ1) is 9.69. The molecule has 0 bridgehead atoms. The van der Waals surface area contributed by atoms with Gasteiger partial charge in [0, 0.05) is 6.54 Å². The highest BCUT2D eigenvalue weighted by Crippen LogP contribution is 2.36. The molecule has 0 spiro atoms. The van der Waals surface area contributed by atoms with Crippen molar-refractivity contribution in [1.29, 1.82) is 0 Å². The number of methoxy groups -OCH3 is 1. The average Bonchev–Trinajstić information content (AvgIpc) is 2.48. The van der Waals surface area contributed by atoms with Crippen molar-refractivity contribution in [2.75, 3.05) is 13.7 Å². The van der Waals surface area contributed by atoms with Gasteiger partial charge in [0.15, 0.2) is 11.5 Å². The molecule has 0 saturated carbocycles. The van der Waals surface area contributed by atoms with Crippen molar-refractivity contribution in [1.82, 2.24) is 5.32 Å². The maximum Gasteiger partial charge on any atom is 0.157 e. The van der Waals surface area contributed by atoms with Crippen LogP contribution in [0.15, 0.2) is 36.4 Å². The van der Waals surface area contributed by atoms with Crippen LogP contribution in [0.5, 0.6) is 17.2 Å². The number of nitrogens with one attached hydrogen (secondary N) is 1. The molecule has 4 nitrogen and oxygen atoms in total. The molecule has 1 aliphatic heterocycles. The van der Waals surface area contributed by atoms with E-state index in [1.54, 1.807) is 19.2 Å². The number of hydrogen-bond donors (Lipinski definition) is 3. The summed E-state index contributed by atoms with van der Waals surface area (Å²) in [7, 11) is 1.64. The van der Waals surface area contributed by atoms with E-state index >= 15 is 0 Å². The highest BCUT2D eigenvalue weighted by molar-refractivity contribution is 5.85. The summed E-state index contributed by atoms with van der Waals surface area (Å²) in [5, 5.41) is 22.8. The molecule has 0 radical (unpaired) electrons. The maximum absolute atomic E-state index is 9.72. The van der Waals surface area contributed by atoms with Crippen LogP contribution in [0.1, 0.15) is 22.7 Å². The standard InChI is InChI=1S/C16H17NO3.ClH/c1-20-12-4-2-10(3-5-12)16-13-9-15(19)14(18)8-11(13)6-7-17-16;/h2-5,8-9,16-19H,6-7H2,1H3;1H. The van der Waals surface area contributed by atoms with Crippen LogP contribution in [0.2, 0.25) is 0 Å². The molecule has 3 rings (SSSR count). The zero-order valence-electron chi connectivity index (χ0n) is 11.7. The number of rotatable bonds is 2. The predicted molar refractivity (Wildman–Crippen MR) is 83.6 cm³/mol. The number of hydrogen-bond acceptors (Lipinski definition) is 4. The Hall–Kier alpha value is -1.91. The van der Waals surface area contributed by atoms with Gasteiger partial charge in [0.1, 0.15) is 5.75 Å². The van der Waals surface area contributed by atoms with E-state index in [0.29, 0.717) is 0 Å². The minimum Gasteiger partial charge on any atom is -0.504 e. The normalized spacial score (nSPS) is 16.7. The van der Waals surface area contributed by atoms with Gasteiger partial charge in [0.25, 0.3) is 0 Å². The quantitative estimate of drug-likeness (QED) is 0.747. The molecule has 1 unspecified atom stereocenters. The predicted octanol–water partition coefficient (Wildman–Crippen LogP) is 2.76. The molecule has 1 atom stereocenters. The minimum absolute atomic E-state index is 0. The third-order valence-electron chi connectivity index (χ3n) is 3.74. The Labute approximate surface area is 129 Å². The van der Waals surface area contributed by atoms with E-state index < -0.39 is 0 Å². The molecule has 0 saturated heterocycles. The van der Waals surface area contributed by atoms with E-state index in [1.807, 2.05) is 24.3 Å². The molecule has 1 heterocycles. The summed E-state index contributed by atoms with van der Waals surface area (Å²) in [6, 6.07) is 11.2. The SMILES string of the molecule is COc1ccc(C2NCCc3cc(O)c(O)cc32)cc1.Cl. The van der Waals surface area contributed by atoms with Gasteiger partial charge in [-0.3, -0.25) is 0 Å². The first kappa shape index (κ1) is 15.5. The summed E-state index contributed by atoms with van der Waals surface area (Å²) in [4.78, 5) is 0. The monoisotopic (exact) mass is 307 g/mol. The number of aromatic hydroxyl groups is 2. The molecular weight excluding hydrogens is 290 g/mol. The van der Waals surface area contributed by atoms with E-state index in [2.05, 4.69) is 5.32 Å². The van der Waals surface area contributed by atoms with Crippen LogP contribution in [0, 0.1) is 0 Å². The summed E-state index contributed by atoms with van der Waals surface area (Å²) >= 11 is 0.